The van der Waals surface area contributed by atoms with Crippen molar-refractivity contribution in [2.24, 2.45) is 5.92 Å². The fraction of sp³-hybridized carbons (Fsp3) is 0.545. The van der Waals surface area contributed by atoms with E-state index in [1.54, 1.807) is 18.2 Å². The third kappa shape index (κ3) is 4.34. The summed E-state index contributed by atoms with van der Waals surface area (Å²) in [4.78, 5) is 21.2. The highest BCUT2D eigenvalue weighted by Gasteiger charge is 2.41. The van der Waals surface area contributed by atoms with Crippen molar-refractivity contribution in [1.29, 1.82) is 0 Å². The largest absolute Gasteiger partial charge is 0.384 e. The number of nitrogen functional groups attached to an aromatic ring is 1. The lowest BCUT2D eigenvalue weighted by molar-refractivity contribution is -0.136. The summed E-state index contributed by atoms with van der Waals surface area (Å²) in [6, 6.07) is 6.94. The molecule has 168 valence electrons. The molecule has 1 saturated heterocycles. The van der Waals surface area contributed by atoms with Gasteiger partial charge in [-0.05, 0) is 51.0 Å². The summed E-state index contributed by atoms with van der Waals surface area (Å²) in [7, 11) is -3.69. The molecule has 2 aromatic rings. The van der Waals surface area contributed by atoms with Crippen LogP contribution in [0.3, 0.4) is 0 Å². The van der Waals surface area contributed by atoms with E-state index in [0.717, 1.165) is 23.9 Å². The van der Waals surface area contributed by atoms with Crippen molar-refractivity contribution in [3.8, 4) is 0 Å². The number of pyridine rings is 1. The minimum atomic E-state index is -3.69. The van der Waals surface area contributed by atoms with Crippen molar-refractivity contribution in [3.63, 3.8) is 0 Å². The number of amides is 1. The molecule has 31 heavy (non-hydrogen) atoms. The first-order chi connectivity index (χ1) is 14.5. The van der Waals surface area contributed by atoms with Crippen LogP contribution in [0, 0.1) is 5.92 Å². The van der Waals surface area contributed by atoms with Crippen LogP contribution in [0.2, 0.25) is 0 Å². The molecule has 1 amide bonds. The smallest absolute Gasteiger partial charge is 0.241 e. The maximum atomic E-state index is 13.1. The summed E-state index contributed by atoms with van der Waals surface area (Å²) in [5.41, 5.74) is 6.87. The molecular weight excluding hydrogens is 414 g/mol. The number of hydrogen-bond acceptors (Lipinski definition) is 6. The summed E-state index contributed by atoms with van der Waals surface area (Å²) >= 11 is 0. The molecule has 1 aliphatic carbocycles. The molecule has 0 unspecified atom stereocenters. The second kappa shape index (κ2) is 7.63. The zero-order valence-electron chi connectivity index (χ0n) is 18.6. The van der Waals surface area contributed by atoms with Crippen LogP contribution in [-0.4, -0.2) is 55.4 Å². The number of nitrogens with two attached hydrogens (primary N) is 1. The zero-order chi connectivity index (χ0) is 22.6. The predicted octanol–water partition coefficient (Wildman–Crippen LogP) is 2.34. The molecule has 9 heteroatoms. The molecule has 0 radical (unpaired) electrons. The fourth-order valence-corrected chi connectivity index (χ4v) is 5.64. The van der Waals surface area contributed by atoms with Crippen molar-refractivity contribution in [2.75, 3.05) is 30.3 Å². The Balaban J connectivity index is 1.72. The van der Waals surface area contributed by atoms with Gasteiger partial charge in [0.2, 0.25) is 15.9 Å². The first-order valence-corrected chi connectivity index (χ1v) is 12.3. The summed E-state index contributed by atoms with van der Waals surface area (Å²) in [5.74, 6) is 0.436. The molecule has 1 saturated carbocycles. The number of carbonyl (C=O) groups excluding carboxylic acids is 1. The number of rotatable bonds is 5. The maximum Gasteiger partial charge on any atom is 0.241 e. The van der Waals surface area contributed by atoms with E-state index in [0.29, 0.717) is 31.0 Å². The Bertz CT molecular complexity index is 1130. The lowest BCUT2D eigenvalue weighted by Gasteiger charge is -2.42. The number of nitrogens with zero attached hydrogens (tertiary/aromatic N) is 3. The van der Waals surface area contributed by atoms with Gasteiger partial charge in [0.25, 0.3) is 0 Å². The Morgan fingerprint density at radius 3 is 2.58 bits per heavy atom. The van der Waals surface area contributed by atoms with Crippen LogP contribution in [0.1, 0.15) is 40.5 Å². The number of benzene rings is 1. The van der Waals surface area contributed by atoms with E-state index in [-0.39, 0.29) is 28.3 Å². The fourth-order valence-electron chi connectivity index (χ4n) is 4.13. The molecule has 1 aliphatic heterocycles. The van der Waals surface area contributed by atoms with Gasteiger partial charge in [-0.15, -0.1) is 0 Å². The van der Waals surface area contributed by atoms with Crippen LogP contribution in [0.4, 0.5) is 11.5 Å². The molecule has 1 aromatic carbocycles. The number of anilines is 2. The van der Waals surface area contributed by atoms with E-state index in [2.05, 4.69) is 14.6 Å². The first-order valence-electron chi connectivity index (χ1n) is 10.8. The molecule has 1 aromatic heterocycles. The molecule has 1 atom stereocenters. The molecule has 0 bridgehead atoms. The van der Waals surface area contributed by atoms with Crippen LogP contribution < -0.4 is 15.4 Å². The van der Waals surface area contributed by atoms with Crippen LogP contribution in [0.5, 0.6) is 0 Å². The molecule has 2 heterocycles. The first kappa shape index (κ1) is 21.8. The number of aromatic nitrogens is 1. The Hall–Kier alpha value is -2.39. The van der Waals surface area contributed by atoms with Crippen molar-refractivity contribution in [3.05, 3.63) is 24.3 Å². The summed E-state index contributed by atoms with van der Waals surface area (Å²) in [6.45, 7) is 9.59. The second-order valence-corrected chi connectivity index (χ2v) is 11.1. The Morgan fingerprint density at radius 1 is 1.26 bits per heavy atom. The Morgan fingerprint density at radius 2 is 1.97 bits per heavy atom. The number of piperazine rings is 1. The van der Waals surface area contributed by atoms with Gasteiger partial charge in [-0.1, -0.05) is 13.8 Å². The minimum absolute atomic E-state index is 0.0178. The quantitative estimate of drug-likeness (QED) is 0.731. The molecule has 0 spiro atoms. The molecule has 3 N–H and O–H groups in total. The van der Waals surface area contributed by atoms with Crippen molar-refractivity contribution >= 4 is 38.3 Å². The zero-order valence-corrected chi connectivity index (χ0v) is 19.4. The monoisotopic (exact) mass is 445 g/mol. The van der Waals surface area contributed by atoms with Crippen LogP contribution >= 0.6 is 0 Å². The van der Waals surface area contributed by atoms with E-state index < -0.39 is 10.0 Å². The van der Waals surface area contributed by atoms with Crippen LogP contribution in [0.25, 0.3) is 10.9 Å². The van der Waals surface area contributed by atoms with Gasteiger partial charge in [0, 0.05) is 48.2 Å². The number of nitrogens with one attached hydrogen (secondary N) is 1. The average Bonchev–Trinajstić information content (AvgIpc) is 3.41. The van der Waals surface area contributed by atoms with Gasteiger partial charge in [-0.25, -0.2) is 18.1 Å². The van der Waals surface area contributed by atoms with E-state index in [1.807, 2.05) is 38.7 Å². The second-order valence-electron chi connectivity index (χ2n) is 9.39. The average molecular weight is 446 g/mol. The molecule has 2 aliphatic rings. The SMILES string of the molecule is CC(C)C(=O)N1CCN(c2cc(S(=O)(=O)NC3(C)CC3)cc3nc(N)ccc23)C[C@@H]1C. The molecule has 4 rings (SSSR count). The van der Waals surface area contributed by atoms with Crippen molar-refractivity contribution in [2.45, 2.75) is 57.0 Å². The topological polar surface area (TPSA) is 109 Å². The number of carbonyl (C=O) groups is 1. The van der Waals surface area contributed by atoms with E-state index in [9.17, 15) is 13.2 Å². The minimum Gasteiger partial charge on any atom is -0.384 e. The molecule has 8 nitrogen and oxygen atoms in total. The van der Waals surface area contributed by atoms with E-state index in [4.69, 9.17) is 5.73 Å². The Kier molecular flexibility index (Phi) is 5.37. The standard InChI is InChI=1S/C22H31N5O3S/c1-14(2)21(28)27-10-9-26(13-15(27)3)19-12-16(31(29,30)25-22(4)7-8-22)11-18-17(19)5-6-20(23)24-18/h5-6,11-12,14-15,25H,7-10,13H2,1-4H3,(H2,23,24)/t15-/m0/s1. The summed E-state index contributed by atoms with van der Waals surface area (Å²) in [5, 5.41) is 0.849. The Labute approximate surface area is 183 Å². The van der Waals surface area contributed by atoms with E-state index >= 15 is 0 Å². The van der Waals surface area contributed by atoms with Gasteiger partial charge in [-0.3, -0.25) is 4.79 Å². The highest BCUT2D eigenvalue weighted by atomic mass is 32.2. The van der Waals surface area contributed by atoms with Crippen LogP contribution in [-0.2, 0) is 14.8 Å². The van der Waals surface area contributed by atoms with Gasteiger partial charge in [-0.2, -0.15) is 0 Å². The maximum absolute atomic E-state index is 13.1. The lowest BCUT2D eigenvalue weighted by Crippen LogP contribution is -2.55. The van der Waals surface area contributed by atoms with Gasteiger partial charge in [0.05, 0.1) is 10.4 Å². The third-order valence-corrected chi connectivity index (χ3v) is 7.83. The summed E-state index contributed by atoms with van der Waals surface area (Å²) in [6.07, 6.45) is 1.67. The van der Waals surface area contributed by atoms with Gasteiger partial charge >= 0.3 is 0 Å². The van der Waals surface area contributed by atoms with Crippen LogP contribution in [0.15, 0.2) is 29.2 Å². The van der Waals surface area contributed by atoms with Gasteiger partial charge in [0.15, 0.2) is 0 Å². The van der Waals surface area contributed by atoms with Gasteiger partial charge < -0.3 is 15.5 Å². The summed E-state index contributed by atoms with van der Waals surface area (Å²) < 4.78 is 29.0. The predicted molar refractivity (Wildman–Crippen MR) is 122 cm³/mol. The third-order valence-electron chi connectivity index (χ3n) is 6.22. The van der Waals surface area contributed by atoms with Gasteiger partial charge in [0.1, 0.15) is 5.82 Å². The van der Waals surface area contributed by atoms with Crippen molar-refractivity contribution in [1.82, 2.24) is 14.6 Å². The highest BCUT2D eigenvalue weighted by molar-refractivity contribution is 7.89. The number of sulfonamides is 1. The number of hydrogen-bond donors (Lipinski definition) is 2. The molecule has 2 fully saturated rings. The lowest BCUT2D eigenvalue weighted by atomic mass is 10.1. The normalized spacial score (nSPS) is 21.0. The van der Waals surface area contributed by atoms with E-state index in [1.165, 1.54) is 0 Å². The van der Waals surface area contributed by atoms with Crippen molar-refractivity contribution < 1.29 is 13.2 Å². The molecular formula is C22H31N5O3S. The number of fused-ring (bicyclic) bond motifs is 1. The highest BCUT2D eigenvalue weighted by Crippen LogP contribution is 2.37.